The molecule has 2 bridgehead atoms. The fraction of sp³-hybridized carbons (Fsp3) is 0.733. The number of rotatable bonds is 3. The summed E-state index contributed by atoms with van der Waals surface area (Å²) in [5, 5.41) is 3.64. The Morgan fingerprint density at radius 2 is 1.77 bits per heavy atom. The standard InChI is InChI=1S/C15H24N4O2.ClH/c1-17(12-6-10-4-5-11(7-12)16-10)9-13-8-14(20)19(3)15(21)18(13)2;/h8,10-12,16H,4-7,9H2,1-3H3;1H. The van der Waals surface area contributed by atoms with Crippen LogP contribution in [0.25, 0.3) is 0 Å². The van der Waals surface area contributed by atoms with Crippen molar-refractivity contribution in [2.75, 3.05) is 7.05 Å². The molecule has 2 aliphatic rings. The van der Waals surface area contributed by atoms with Gasteiger partial charge < -0.3 is 5.32 Å². The van der Waals surface area contributed by atoms with Gasteiger partial charge >= 0.3 is 5.69 Å². The Morgan fingerprint density at radius 1 is 1.18 bits per heavy atom. The van der Waals surface area contributed by atoms with Gasteiger partial charge in [0, 0.05) is 50.5 Å². The highest BCUT2D eigenvalue weighted by atomic mass is 35.5. The summed E-state index contributed by atoms with van der Waals surface area (Å²) in [5.74, 6) is 0. The molecule has 0 radical (unpaired) electrons. The van der Waals surface area contributed by atoms with E-state index in [1.54, 1.807) is 17.7 Å². The molecule has 6 nitrogen and oxygen atoms in total. The fourth-order valence-corrected chi connectivity index (χ4v) is 3.70. The third-order valence-electron chi connectivity index (χ3n) is 5.11. The van der Waals surface area contributed by atoms with Gasteiger partial charge in [-0.15, -0.1) is 12.4 Å². The summed E-state index contributed by atoms with van der Waals surface area (Å²) in [6.07, 6.45) is 4.87. The van der Waals surface area contributed by atoms with Crippen LogP contribution in [-0.4, -0.2) is 39.2 Å². The Balaban J connectivity index is 0.00000176. The van der Waals surface area contributed by atoms with Crippen LogP contribution < -0.4 is 16.6 Å². The molecule has 2 fully saturated rings. The lowest BCUT2D eigenvalue weighted by atomic mass is 9.98. The first-order valence-electron chi connectivity index (χ1n) is 7.68. The van der Waals surface area contributed by atoms with Gasteiger partial charge in [-0.05, 0) is 32.7 Å². The highest BCUT2D eigenvalue weighted by molar-refractivity contribution is 5.85. The molecule has 0 aromatic carbocycles. The molecule has 124 valence electrons. The van der Waals surface area contributed by atoms with Crippen LogP contribution in [0.4, 0.5) is 0 Å². The van der Waals surface area contributed by atoms with E-state index in [2.05, 4.69) is 17.3 Å². The maximum Gasteiger partial charge on any atom is 0.330 e. The second kappa shape index (κ2) is 6.56. The molecule has 1 aromatic rings. The highest BCUT2D eigenvalue weighted by Crippen LogP contribution is 2.29. The number of nitrogens with zero attached hydrogens (tertiary/aromatic N) is 3. The monoisotopic (exact) mass is 328 g/mol. The molecule has 0 amide bonds. The molecule has 1 aromatic heterocycles. The fourth-order valence-electron chi connectivity index (χ4n) is 3.70. The zero-order chi connectivity index (χ0) is 15.1. The van der Waals surface area contributed by atoms with Crippen LogP contribution in [0.5, 0.6) is 0 Å². The maximum absolute atomic E-state index is 12.0. The minimum atomic E-state index is -0.253. The molecule has 2 atom stereocenters. The van der Waals surface area contributed by atoms with E-state index in [1.165, 1.54) is 19.9 Å². The minimum absolute atomic E-state index is 0. The van der Waals surface area contributed by atoms with Crippen LogP contribution in [0.1, 0.15) is 31.4 Å². The molecule has 0 saturated carbocycles. The first-order valence-corrected chi connectivity index (χ1v) is 7.68. The zero-order valence-electron chi connectivity index (χ0n) is 13.4. The third kappa shape index (κ3) is 3.14. The number of halogens is 1. The molecule has 1 N–H and O–H groups in total. The number of nitrogens with one attached hydrogen (secondary N) is 1. The van der Waals surface area contributed by atoms with Gasteiger partial charge in [0.1, 0.15) is 0 Å². The van der Waals surface area contributed by atoms with E-state index in [4.69, 9.17) is 0 Å². The summed E-state index contributed by atoms with van der Waals surface area (Å²) in [6.45, 7) is 0.645. The van der Waals surface area contributed by atoms with Crippen LogP contribution in [-0.2, 0) is 20.6 Å². The Bertz CT molecular complexity index is 642. The van der Waals surface area contributed by atoms with Gasteiger partial charge in [0.2, 0.25) is 0 Å². The predicted octanol–water partition coefficient (Wildman–Crippen LogP) is 0.221. The number of fused-ring (bicyclic) bond motifs is 2. The van der Waals surface area contributed by atoms with Crippen molar-refractivity contribution in [3.63, 3.8) is 0 Å². The van der Waals surface area contributed by atoms with Crippen molar-refractivity contribution in [1.29, 1.82) is 0 Å². The van der Waals surface area contributed by atoms with Crippen molar-refractivity contribution < 1.29 is 0 Å². The SMILES string of the molecule is CN(Cc1cc(=O)n(C)c(=O)n1C)C1CC2CCC(C1)N2.Cl. The Labute approximate surface area is 136 Å². The smallest absolute Gasteiger partial charge is 0.311 e. The molecule has 2 saturated heterocycles. The molecule has 0 aliphatic carbocycles. The van der Waals surface area contributed by atoms with E-state index < -0.39 is 0 Å². The molecule has 7 heteroatoms. The number of aromatic nitrogens is 2. The van der Waals surface area contributed by atoms with Gasteiger partial charge in [-0.1, -0.05) is 0 Å². The van der Waals surface area contributed by atoms with Gasteiger partial charge in [0.25, 0.3) is 5.56 Å². The summed E-state index contributed by atoms with van der Waals surface area (Å²) in [6, 6.07) is 3.39. The number of hydrogen-bond donors (Lipinski definition) is 1. The second-order valence-corrected chi connectivity index (χ2v) is 6.55. The average Bonchev–Trinajstić information content (AvgIpc) is 2.80. The molecule has 0 spiro atoms. The van der Waals surface area contributed by atoms with E-state index in [9.17, 15) is 9.59 Å². The lowest BCUT2D eigenvalue weighted by molar-refractivity contribution is 0.162. The van der Waals surface area contributed by atoms with Gasteiger partial charge in [0.15, 0.2) is 0 Å². The summed E-state index contributed by atoms with van der Waals surface area (Å²) in [7, 11) is 5.34. The van der Waals surface area contributed by atoms with Crippen LogP contribution in [0, 0.1) is 0 Å². The predicted molar refractivity (Wildman–Crippen MR) is 88.6 cm³/mol. The topological polar surface area (TPSA) is 59.3 Å². The van der Waals surface area contributed by atoms with Crippen LogP contribution in [0.2, 0.25) is 0 Å². The summed E-state index contributed by atoms with van der Waals surface area (Å²) >= 11 is 0. The van der Waals surface area contributed by atoms with Gasteiger partial charge in [-0.2, -0.15) is 0 Å². The first kappa shape index (κ1) is 17.2. The average molecular weight is 329 g/mol. The van der Waals surface area contributed by atoms with Crippen molar-refractivity contribution in [2.45, 2.75) is 50.4 Å². The molecule has 2 unspecified atom stereocenters. The Hall–Kier alpha value is -1.11. The van der Waals surface area contributed by atoms with Crippen LogP contribution >= 0.6 is 12.4 Å². The lowest BCUT2D eigenvalue weighted by Crippen LogP contribution is -2.47. The molecule has 3 heterocycles. The highest BCUT2D eigenvalue weighted by Gasteiger charge is 2.35. The van der Waals surface area contributed by atoms with Crippen molar-refractivity contribution in [1.82, 2.24) is 19.4 Å². The second-order valence-electron chi connectivity index (χ2n) is 6.55. The Kier molecular flexibility index (Phi) is 5.14. The summed E-state index contributed by atoms with van der Waals surface area (Å²) in [4.78, 5) is 26.1. The minimum Gasteiger partial charge on any atom is -0.311 e. The van der Waals surface area contributed by atoms with E-state index in [0.717, 1.165) is 23.1 Å². The first-order chi connectivity index (χ1) is 9.95. The van der Waals surface area contributed by atoms with Crippen molar-refractivity contribution in [3.05, 3.63) is 32.6 Å². The van der Waals surface area contributed by atoms with Crippen molar-refractivity contribution in [2.24, 2.45) is 14.1 Å². The zero-order valence-corrected chi connectivity index (χ0v) is 14.2. The number of hydrogen-bond acceptors (Lipinski definition) is 4. The van der Waals surface area contributed by atoms with Crippen molar-refractivity contribution >= 4 is 12.4 Å². The van der Waals surface area contributed by atoms with E-state index in [0.29, 0.717) is 24.7 Å². The van der Waals surface area contributed by atoms with Gasteiger partial charge in [-0.25, -0.2) is 4.79 Å². The molecular weight excluding hydrogens is 304 g/mol. The maximum atomic E-state index is 12.0. The number of piperidine rings is 1. The lowest BCUT2D eigenvalue weighted by Gasteiger charge is -2.35. The van der Waals surface area contributed by atoms with Crippen LogP contribution in [0.15, 0.2) is 15.7 Å². The van der Waals surface area contributed by atoms with Crippen LogP contribution in [0.3, 0.4) is 0 Å². The van der Waals surface area contributed by atoms with Gasteiger partial charge in [0.05, 0.1) is 0 Å². The van der Waals surface area contributed by atoms with E-state index in [1.807, 2.05) is 0 Å². The Morgan fingerprint density at radius 3 is 2.36 bits per heavy atom. The van der Waals surface area contributed by atoms with Crippen molar-refractivity contribution in [3.8, 4) is 0 Å². The summed E-state index contributed by atoms with van der Waals surface area (Å²) < 4.78 is 2.72. The normalized spacial score (nSPS) is 27.0. The summed E-state index contributed by atoms with van der Waals surface area (Å²) in [5.41, 5.74) is 0.305. The molecule has 3 rings (SSSR count). The largest absolute Gasteiger partial charge is 0.330 e. The van der Waals surface area contributed by atoms with E-state index >= 15 is 0 Å². The molecule has 2 aliphatic heterocycles. The van der Waals surface area contributed by atoms with E-state index in [-0.39, 0.29) is 23.7 Å². The molecular formula is C15H25ClN4O2. The third-order valence-corrected chi connectivity index (χ3v) is 5.11. The quantitative estimate of drug-likeness (QED) is 0.862. The van der Waals surface area contributed by atoms with Gasteiger partial charge in [-0.3, -0.25) is 18.8 Å². The molecule has 22 heavy (non-hydrogen) atoms.